The van der Waals surface area contributed by atoms with E-state index in [9.17, 15) is 13.2 Å². The van der Waals surface area contributed by atoms with Crippen LogP contribution in [-0.2, 0) is 14.8 Å². The van der Waals surface area contributed by atoms with Crippen LogP contribution in [0.5, 0.6) is 0 Å². The van der Waals surface area contributed by atoms with Crippen molar-refractivity contribution in [1.29, 1.82) is 0 Å². The molecule has 0 radical (unpaired) electrons. The number of carbonyl (C=O) groups is 1. The highest BCUT2D eigenvalue weighted by Gasteiger charge is 2.32. The summed E-state index contributed by atoms with van der Waals surface area (Å²) < 4.78 is 27.7. The number of rotatable bonds is 3. The van der Waals surface area contributed by atoms with E-state index in [0.29, 0.717) is 23.3 Å². The van der Waals surface area contributed by atoms with Gasteiger partial charge < -0.3 is 5.11 Å². The third kappa shape index (κ3) is 3.30. The summed E-state index contributed by atoms with van der Waals surface area (Å²) in [5.74, 6) is -1.29. The monoisotopic (exact) mass is 375 g/mol. The van der Waals surface area contributed by atoms with Crippen molar-refractivity contribution in [2.75, 3.05) is 13.1 Å². The molecule has 0 spiro atoms. The van der Waals surface area contributed by atoms with Crippen LogP contribution in [0.4, 0.5) is 0 Å². The van der Waals surface area contributed by atoms with Gasteiger partial charge in [0.1, 0.15) is 0 Å². The summed E-state index contributed by atoms with van der Waals surface area (Å²) in [5, 5.41) is 8.98. The molecule has 21 heavy (non-hydrogen) atoms. The molecular weight excluding hydrogens is 358 g/mol. The van der Waals surface area contributed by atoms with Crippen molar-refractivity contribution >= 4 is 31.9 Å². The lowest BCUT2D eigenvalue weighted by atomic mass is 9.99. The van der Waals surface area contributed by atoms with Crippen LogP contribution in [0.2, 0.25) is 0 Å². The number of aliphatic carboxylic acids is 1. The second kappa shape index (κ2) is 6.06. The fourth-order valence-corrected chi connectivity index (χ4v) is 4.73. The number of nitrogens with zero attached hydrogens (tertiary/aromatic N) is 1. The molecule has 1 N–H and O–H groups in total. The van der Waals surface area contributed by atoms with Crippen LogP contribution in [0.15, 0.2) is 21.5 Å². The summed E-state index contributed by atoms with van der Waals surface area (Å²) in [6.45, 7) is 4.13. The second-order valence-corrected chi connectivity index (χ2v) is 8.14. The van der Waals surface area contributed by atoms with Crippen molar-refractivity contribution < 1.29 is 18.3 Å². The zero-order chi connectivity index (χ0) is 15.8. The largest absolute Gasteiger partial charge is 0.481 e. The standard InChI is InChI=1S/C14H18BrNO4S/c1-9-8-13(10(2)7-12(9)15)21(19,20)16-5-3-11(4-6-16)14(17)18/h7-8,11H,3-6H2,1-2H3,(H,17,18). The Hall–Kier alpha value is -0.920. The Kier molecular flexibility index (Phi) is 4.75. The molecule has 1 saturated heterocycles. The Labute approximate surface area is 133 Å². The van der Waals surface area contributed by atoms with Gasteiger partial charge in [0, 0.05) is 17.6 Å². The molecule has 1 aromatic carbocycles. The lowest BCUT2D eigenvalue weighted by Crippen LogP contribution is -2.40. The summed E-state index contributed by atoms with van der Waals surface area (Å²) >= 11 is 3.39. The minimum atomic E-state index is -3.56. The number of carboxylic acids is 1. The first-order chi connectivity index (χ1) is 9.73. The van der Waals surface area contributed by atoms with E-state index in [0.717, 1.165) is 10.0 Å². The van der Waals surface area contributed by atoms with E-state index < -0.39 is 21.9 Å². The first kappa shape index (κ1) is 16.5. The van der Waals surface area contributed by atoms with Gasteiger partial charge in [0.15, 0.2) is 0 Å². The smallest absolute Gasteiger partial charge is 0.306 e. The maximum absolute atomic E-state index is 12.7. The average molecular weight is 376 g/mol. The first-order valence-electron chi connectivity index (χ1n) is 6.73. The van der Waals surface area contributed by atoms with Gasteiger partial charge in [-0.1, -0.05) is 15.9 Å². The fourth-order valence-electron chi connectivity index (χ4n) is 2.51. The Morgan fingerprint density at radius 3 is 2.33 bits per heavy atom. The number of carboxylic acid groups (broad SMARTS) is 1. The SMILES string of the molecule is Cc1cc(S(=O)(=O)N2CCC(C(=O)O)CC2)c(C)cc1Br. The molecule has 116 valence electrons. The molecule has 5 nitrogen and oxygen atoms in total. The topological polar surface area (TPSA) is 74.7 Å². The van der Waals surface area contributed by atoms with Crippen LogP contribution in [0.1, 0.15) is 24.0 Å². The van der Waals surface area contributed by atoms with Gasteiger partial charge in [-0.2, -0.15) is 4.31 Å². The van der Waals surface area contributed by atoms with E-state index in [1.807, 2.05) is 6.92 Å². The number of hydrogen-bond acceptors (Lipinski definition) is 3. The van der Waals surface area contributed by atoms with Crippen LogP contribution in [0, 0.1) is 19.8 Å². The van der Waals surface area contributed by atoms with Crippen LogP contribution < -0.4 is 0 Å². The molecule has 0 aliphatic carbocycles. The summed E-state index contributed by atoms with van der Waals surface area (Å²) in [4.78, 5) is 11.2. The minimum Gasteiger partial charge on any atom is -0.481 e. The number of piperidine rings is 1. The maximum Gasteiger partial charge on any atom is 0.306 e. The van der Waals surface area contributed by atoms with Crippen LogP contribution in [0.3, 0.4) is 0 Å². The van der Waals surface area contributed by atoms with Crippen molar-refractivity contribution in [3.8, 4) is 0 Å². The maximum atomic E-state index is 12.7. The highest BCUT2D eigenvalue weighted by atomic mass is 79.9. The molecule has 0 atom stereocenters. The van der Waals surface area contributed by atoms with Crippen LogP contribution in [-0.4, -0.2) is 36.9 Å². The third-order valence-corrected chi connectivity index (χ3v) is 6.77. The van der Waals surface area contributed by atoms with Gasteiger partial charge >= 0.3 is 5.97 Å². The van der Waals surface area contributed by atoms with Crippen molar-refractivity contribution in [2.45, 2.75) is 31.6 Å². The Balaban J connectivity index is 2.28. The van der Waals surface area contributed by atoms with Crippen molar-refractivity contribution in [3.63, 3.8) is 0 Å². The molecule has 0 amide bonds. The molecule has 0 aromatic heterocycles. The molecule has 0 saturated carbocycles. The second-order valence-electron chi connectivity index (χ2n) is 5.38. The van der Waals surface area contributed by atoms with Gasteiger partial charge in [0.25, 0.3) is 0 Å². The molecule has 1 fully saturated rings. The van der Waals surface area contributed by atoms with Gasteiger partial charge in [0.2, 0.25) is 10.0 Å². The molecule has 1 aliphatic heterocycles. The highest BCUT2D eigenvalue weighted by molar-refractivity contribution is 9.10. The van der Waals surface area contributed by atoms with Gasteiger partial charge in [-0.3, -0.25) is 4.79 Å². The molecule has 7 heteroatoms. The van der Waals surface area contributed by atoms with E-state index in [4.69, 9.17) is 5.11 Å². The Morgan fingerprint density at radius 1 is 1.24 bits per heavy atom. The predicted molar refractivity (Wildman–Crippen MR) is 82.7 cm³/mol. The molecule has 1 aromatic rings. The molecular formula is C14H18BrNO4S. The van der Waals surface area contributed by atoms with Crippen molar-refractivity contribution in [3.05, 3.63) is 27.7 Å². The summed E-state index contributed by atoms with van der Waals surface area (Å²) in [7, 11) is -3.56. The Bertz CT molecular complexity index is 664. The third-order valence-electron chi connectivity index (χ3n) is 3.88. The quantitative estimate of drug-likeness (QED) is 0.880. The molecule has 0 bridgehead atoms. The number of aryl methyl sites for hydroxylation is 2. The molecule has 2 rings (SSSR count). The zero-order valence-corrected chi connectivity index (χ0v) is 14.4. The van der Waals surface area contributed by atoms with Gasteiger partial charge in [-0.25, -0.2) is 8.42 Å². The number of hydrogen-bond donors (Lipinski definition) is 1. The number of halogens is 1. The minimum absolute atomic E-state index is 0.258. The zero-order valence-electron chi connectivity index (χ0n) is 12.0. The van der Waals surface area contributed by atoms with Crippen LogP contribution >= 0.6 is 15.9 Å². The van der Waals surface area contributed by atoms with Crippen molar-refractivity contribution in [2.24, 2.45) is 5.92 Å². The Morgan fingerprint density at radius 2 is 1.81 bits per heavy atom. The van der Waals surface area contributed by atoms with E-state index in [1.54, 1.807) is 19.1 Å². The lowest BCUT2D eigenvalue weighted by Gasteiger charge is -2.29. The van der Waals surface area contributed by atoms with E-state index in [2.05, 4.69) is 15.9 Å². The van der Waals surface area contributed by atoms with E-state index in [-0.39, 0.29) is 13.1 Å². The molecule has 0 unspecified atom stereocenters. The highest BCUT2D eigenvalue weighted by Crippen LogP contribution is 2.29. The first-order valence-corrected chi connectivity index (χ1v) is 8.96. The van der Waals surface area contributed by atoms with E-state index >= 15 is 0 Å². The number of sulfonamides is 1. The fraction of sp³-hybridized carbons (Fsp3) is 0.500. The summed E-state index contributed by atoms with van der Waals surface area (Å²) in [5.41, 5.74) is 1.55. The predicted octanol–water partition coefficient (Wildman–Crippen LogP) is 2.55. The lowest BCUT2D eigenvalue weighted by molar-refractivity contribution is -0.142. The van der Waals surface area contributed by atoms with Gasteiger partial charge in [-0.15, -0.1) is 0 Å². The average Bonchev–Trinajstić information content (AvgIpc) is 2.42. The van der Waals surface area contributed by atoms with Gasteiger partial charge in [0.05, 0.1) is 10.8 Å². The van der Waals surface area contributed by atoms with Crippen molar-refractivity contribution in [1.82, 2.24) is 4.31 Å². The summed E-state index contributed by atoms with van der Waals surface area (Å²) in [6, 6.07) is 3.46. The van der Waals surface area contributed by atoms with Gasteiger partial charge in [-0.05, 0) is 49.9 Å². The molecule has 1 aliphatic rings. The summed E-state index contributed by atoms with van der Waals surface area (Å²) in [6.07, 6.45) is 0.728. The number of benzene rings is 1. The normalized spacial score (nSPS) is 17.9. The molecule has 1 heterocycles. The van der Waals surface area contributed by atoms with E-state index in [1.165, 1.54) is 4.31 Å². The van der Waals surface area contributed by atoms with Crippen LogP contribution in [0.25, 0.3) is 0 Å².